The maximum atomic E-state index is 4.44. The summed E-state index contributed by atoms with van der Waals surface area (Å²) in [7, 11) is 2.02. The number of imidazole rings is 2. The maximum Gasteiger partial charge on any atom is 0.0948 e. The zero-order valence-corrected chi connectivity index (χ0v) is 12.4. The Kier molecular flexibility index (Phi) is 4.40. The molecule has 2 rings (SSSR count). The molecule has 0 saturated carbocycles. The number of nitrogens with zero attached hydrogens (tertiary/aromatic N) is 4. The second kappa shape index (κ2) is 6.04. The van der Waals surface area contributed by atoms with E-state index in [1.54, 1.807) is 0 Å². The predicted octanol–water partition coefficient (Wildman–Crippen LogP) is 3.32. The fourth-order valence-electron chi connectivity index (χ4n) is 2.49. The Labute approximate surface area is 115 Å². The van der Waals surface area contributed by atoms with Crippen LogP contribution in [0, 0.1) is 0 Å². The van der Waals surface area contributed by atoms with Crippen LogP contribution in [0.2, 0.25) is 0 Å². The summed E-state index contributed by atoms with van der Waals surface area (Å²) in [5.74, 6) is 1.07. The summed E-state index contributed by atoms with van der Waals surface area (Å²) in [6, 6.07) is 0. The monoisotopic (exact) mass is 260 g/mol. The van der Waals surface area contributed by atoms with E-state index in [1.807, 2.05) is 30.5 Å². The summed E-state index contributed by atoms with van der Waals surface area (Å²) in [5.41, 5.74) is 2.54. The first kappa shape index (κ1) is 13.8. The average Bonchev–Trinajstić information content (AvgIpc) is 3.03. The third-order valence-electron chi connectivity index (χ3n) is 3.85. The second-order valence-corrected chi connectivity index (χ2v) is 5.45. The van der Waals surface area contributed by atoms with Crippen LogP contribution in [0.25, 0.3) is 0 Å². The Morgan fingerprint density at radius 3 is 2.53 bits per heavy atom. The summed E-state index contributed by atoms with van der Waals surface area (Å²) in [6.07, 6.45) is 10.2. The van der Waals surface area contributed by atoms with Gasteiger partial charge in [0.15, 0.2) is 0 Å². The van der Waals surface area contributed by atoms with Gasteiger partial charge in [0, 0.05) is 31.7 Å². The van der Waals surface area contributed by atoms with Crippen molar-refractivity contribution in [2.24, 2.45) is 7.05 Å². The molecule has 4 nitrogen and oxygen atoms in total. The molecule has 0 aliphatic carbocycles. The lowest BCUT2D eigenvalue weighted by atomic mass is 9.94. The van der Waals surface area contributed by atoms with Crippen molar-refractivity contribution in [3.63, 3.8) is 0 Å². The van der Waals surface area contributed by atoms with Crippen molar-refractivity contribution in [3.8, 4) is 0 Å². The van der Waals surface area contributed by atoms with E-state index < -0.39 is 0 Å². The summed E-state index contributed by atoms with van der Waals surface area (Å²) in [6.45, 7) is 7.70. The third-order valence-corrected chi connectivity index (χ3v) is 3.85. The minimum absolute atomic E-state index is 0.515. The first-order chi connectivity index (χ1) is 9.11. The lowest BCUT2D eigenvalue weighted by molar-refractivity contribution is 0.539. The Bertz CT molecular complexity index is 512. The Hall–Kier alpha value is -1.58. The molecule has 0 aliphatic heterocycles. The van der Waals surface area contributed by atoms with E-state index >= 15 is 0 Å². The molecule has 0 aromatic carbocycles. The molecule has 2 aromatic heterocycles. The van der Waals surface area contributed by atoms with Crippen LogP contribution in [0.1, 0.15) is 56.8 Å². The molecule has 0 radical (unpaired) electrons. The largest absolute Gasteiger partial charge is 0.340 e. The molecule has 2 aromatic rings. The molecule has 0 spiro atoms. The number of rotatable bonds is 6. The van der Waals surface area contributed by atoms with Crippen LogP contribution in [0.15, 0.2) is 25.0 Å². The Morgan fingerprint density at radius 2 is 1.89 bits per heavy atom. The van der Waals surface area contributed by atoms with Crippen LogP contribution in [0.5, 0.6) is 0 Å². The van der Waals surface area contributed by atoms with Gasteiger partial charge in [-0.05, 0) is 31.6 Å². The van der Waals surface area contributed by atoms with E-state index in [9.17, 15) is 0 Å². The lowest BCUT2D eigenvalue weighted by Gasteiger charge is -2.15. The van der Waals surface area contributed by atoms with Crippen molar-refractivity contribution in [1.29, 1.82) is 0 Å². The molecule has 0 fully saturated rings. The van der Waals surface area contributed by atoms with Crippen LogP contribution in [0.4, 0.5) is 0 Å². The van der Waals surface area contributed by atoms with Crippen molar-refractivity contribution in [2.75, 3.05) is 0 Å². The highest BCUT2D eigenvalue weighted by atomic mass is 15.0. The number of hydrogen-bond acceptors (Lipinski definition) is 2. The van der Waals surface area contributed by atoms with Crippen LogP contribution in [-0.4, -0.2) is 19.1 Å². The van der Waals surface area contributed by atoms with Gasteiger partial charge in [-0.25, -0.2) is 9.97 Å². The molecule has 2 heterocycles. The standard InChI is InChI=1S/C15H24N4/c1-5-19-10-16-8-15(19)13(3)7-6-12(2)14-9-18(4)11-17-14/h8-13H,5-7H2,1-4H3. The zero-order chi connectivity index (χ0) is 13.8. The van der Waals surface area contributed by atoms with Crippen molar-refractivity contribution < 1.29 is 0 Å². The van der Waals surface area contributed by atoms with Crippen LogP contribution in [-0.2, 0) is 13.6 Å². The van der Waals surface area contributed by atoms with Gasteiger partial charge in [-0.2, -0.15) is 0 Å². The maximum absolute atomic E-state index is 4.44. The van der Waals surface area contributed by atoms with Gasteiger partial charge in [-0.1, -0.05) is 13.8 Å². The van der Waals surface area contributed by atoms with E-state index in [2.05, 4.69) is 41.5 Å². The molecule has 0 bridgehead atoms. The predicted molar refractivity (Wildman–Crippen MR) is 77.2 cm³/mol. The zero-order valence-electron chi connectivity index (χ0n) is 12.4. The van der Waals surface area contributed by atoms with Crippen LogP contribution in [0.3, 0.4) is 0 Å². The molecule has 0 N–H and O–H groups in total. The molecule has 0 saturated heterocycles. The lowest BCUT2D eigenvalue weighted by Crippen LogP contribution is -2.05. The normalized spacial score (nSPS) is 14.5. The van der Waals surface area contributed by atoms with E-state index in [4.69, 9.17) is 0 Å². The quantitative estimate of drug-likeness (QED) is 0.798. The minimum atomic E-state index is 0.515. The fourth-order valence-corrected chi connectivity index (χ4v) is 2.49. The molecule has 19 heavy (non-hydrogen) atoms. The van der Waals surface area contributed by atoms with Crippen molar-refractivity contribution in [3.05, 3.63) is 36.4 Å². The molecule has 2 unspecified atom stereocenters. The third kappa shape index (κ3) is 3.25. The van der Waals surface area contributed by atoms with Crippen LogP contribution < -0.4 is 0 Å². The van der Waals surface area contributed by atoms with E-state index in [-0.39, 0.29) is 0 Å². The van der Waals surface area contributed by atoms with E-state index in [0.29, 0.717) is 11.8 Å². The highest BCUT2D eigenvalue weighted by Gasteiger charge is 2.14. The first-order valence-corrected chi connectivity index (χ1v) is 7.09. The van der Waals surface area contributed by atoms with Gasteiger partial charge in [-0.3, -0.25) is 0 Å². The molecular formula is C15H24N4. The smallest absolute Gasteiger partial charge is 0.0948 e. The number of hydrogen-bond donors (Lipinski definition) is 0. The van der Waals surface area contributed by atoms with Gasteiger partial charge >= 0.3 is 0 Å². The highest BCUT2D eigenvalue weighted by Crippen LogP contribution is 2.26. The first-order valence-electron chi connectivity index (χ1n) is 7.09. The van der Waals surface area contributed by atoms with Gasteiger partial charge in [0.2, 0.25) is 0 Å². The second-order valence-electron chi connectivity index (χ2n) is 5.45. The summed E-state index contributed by atoms with van der Waals surface area (Å²) < 4.78 is 4.25. The van der Waals surface area contributed by atoms with Crippen molar-refractivity contribution in [2.45, 2.75) is 52.0 Å². The van der Waals surface area contributed by atoms with Gasteiger partial charge in [0.1, 0.15) is 0 Å². The van der Waals surface area contributed by atoms with Crippen LogP contribution >= 0.6 is 0 Å². The highest BCUT2D eigenvalue weighted by molar-refractivity contribution is 5.07. The molecule has 2 atom stereocenters. The van der Waals surface area contributed by atoms with Gasteiger partial charge in [0.25, 0.3) is 0 Å². The molecular weight excluding hydrogens is 236 g/mol. The molecule has 4 heteroatoms. The summed E-state index contributed by atoms with van der Waals surface area (Å²) in [4.78, 5) is 8.69. The van der Waals surface area contributed by atoms with Crippen molar-refractivity contribution >= 4 is 0 Å². The molecule has 0 amide bonds. The van der Waals surface area contributed by atoms with E-state index in [0.717, 1.165) is 13.0 Å². The Morgan fingerprint density at radius 1 is 1.16 bits per heavy atom. The summed E-state index contributed by atoms with van der Waals surface area (Å²) in [5, 5.41) is 0. The van der Waals surface area contributed by atoms with Gasteiger partial charge < -0.3 is 9.13 Å². The van der Waals surface area contributed by atoms with Gasteiger partial charge in [0.05, 0.1) is 18.3 Å². The Balaban J connectivity index is 1.91. The summed E-state index contributed by atoms with van der Waals surface area (Å²) >= 11 is 0. The number of aryl methyl sites for hydroxylation is 2. The average molecular weight is 260 g/mol. The van der Waals surface area contributed by atoms with E-state index in [1.165, 1.54) is 17.8 Å². The van der Waals surface area contributed by atoms with Gasteiger partial charge in [-0.15, -0.1) is 0 Å². The fraction of sp³-hybridized carbons (Fsp3) is 0.600. The number of aromatic nitrogens is 4. The topological polar surface area (TPSA) is 35.6 Å². The molecule has 0 aliphatic rings. The molecule has 104 valence electrons. The van der Waals surface area contributed by atoms with Crippen molar-refractivity contribution in [1.82, 2.24) is 19.1 Å². The SMILES string of the molecule is CCn1cncc1C(C)CCC(C)c1cn(C)cn1. The minimum Gasteiger partial charge on any atom is -0.340 e.